The summed E-state index contributed by atoms with van der Waals surface area (Å²) in [7, 11) is 0. The van der Waals surface area contributed by atoms with E-state index in [0.717, 1.165) is 79.0 Å². The van der Waals surface area contributed by atoms with Crippen LogP contribution in [0.25, 0.3) is 16.6 Å². The average molecular weight is 547 g/mol. The first-order valence-corrected chi connectivity index (χ1v) is 14.7. The number of piperidine rings is 1. The van der Waals surface area contributed by atoms with Crippen molar-refractivity contribution in [2.24, 2.45) is 0 Å². The number of thioether (sulfide) groups is 1. The number of nitrogens with zero attached hydrogens (tertiary/aromatic N) is 2. The normalized spacial score (nSPS) is 16.7. The van der Waals surface area contributed by atoms with Crippen molar-refractivity contribution in [2.45, 2.75) is 48.8 Å². The third-order valence-corrected chi connectivity index (χ3v) is 9.14. The molecule has 2 fully saturated rings. The van der Waals surface area contributed by atoms with Crippen molar-refractivity contribution in [1.82, 2.24) is 9.47 Å². The zero-order valence-electron chi connectivity index (χ0n) is 21.8. The van der Waals surface area contributed by atoms with Gasteiger partial charge in [-0.25, -0.2) is 13.6 Å². The molecule has 1 N–H and O–H groups in total. The maximum absolute atomic E-state index is 14.5. The van der Waals surface area contributed by atoms with Gasteiger partial charge in [-0.15, -0.1) is 11.8 Å². The first kappa shape index (κ1) is 26.1. The van der Waals surface area contributed by atoms with Crippen LogP contribution in [0.4, 0.5) is 8.78 Å². The van der Waals surface area contributed by atoms with Crippen molar-refractivity contribution in [3.8, 4) is 5.69 Å². The smallest absolute Gasteiger partial charge is 0.335 e. The Bertz CT molecular complexity index is 1470. The minimum atomic E-state index is -0.950. The molecule has 2 heterocycles. The predicted octanol–water partition coefficient (Wildman–Crippen LogP) is 7.85. The SMILES string of the molecule is O=C(O)c1ccc(-n2c(C3CC3)c(C3CCN(CCCSc4ccc(F)cc4)CC3)c3ccc(F)cc32)cc1. The van der Waals surface area contributed by atoms with Crippen molar-refractivity contribution < 1.29 is 18.7 Å². The Labute approximate surface area is 231 Å². The molecule has 4 aromatic rings. The van der Waals surface area contributed by atoms with E-state index in [2.05, 4.69) is 9.47 Å². The molecule has 0 amide bonds. The summed E-state index contributed by atoms with van der Waals surface area (Å²) in [5, 5.41) is 10.5. The number of likely N-dealkylation sites (tertiary alicyclic amines) is 1. The van der Waals surface area contributed by atoms with E-state index in [1.807, 2.05) is 30.3 Å². The van der Waals surface area contributed by atoms with Crippen molar-refractivity contribution in [1.29, 1.82) is 0 Å². The van der Waals surface area contributed by atoms with Gasteiger partial charge in [0.15, 0.2) is 0 Å². The third-order valence-electron chi connectivity index (χ3n) is 8.04. The molecule has 0 unspecified atom stereocenters. The molecule has 6 rings (SSSR count). The zero-order chi connectivity index (χ0) is 26.9. The average Bonchev–Trinajstić information content (AvgIpc) is 3.74. The second-order valence-electron chi connectivity index (χ2n) is 10.7. The van der Waals surface area contributed by atoms with Crippen molar-refractivity contribution in [3.63, 3.8) is 0 Å². The van der Waals surface area contributed by atoms with Gasteiger partial charge in [0, 0.05) is 21.7 Å². The van der Waals surface area contributed by atoms with Gasteiger partial charge < -0.3 is 14.6 Å². The fraction of sp³-hybridized carbons (Fsp3) is 0.344. The van der Waals surface area contributed by atoms with Crippen LogP contribution in [0.15, 0.2) is 71.6 Å². The third kappa shape index (κ3) is 5.61. The molecule has 0 radical (unpaired) electrons. The van der Waals surface area contributed by atoms with Crippen LogP contribution in [0.2, 0.25) is 0 Å². The van der Waals surface area contributed by atoms with Gasteiger partial charge in [-0.3, -0.25) is 0 Å². The Kier molecular flexibility index (Phi) is 7.45. The van der Waals surface area contributed by atoms with E-state index >= 15 is 0 Å². The van der Waals surface area contributed by atoms with Crippen LogP contribution in [0, 0.1) is 11.6 Å². The molecule has 1 aliphatic heterocycles. The Morgan fingerprint density at radius 1 is 0.872 bits per heavy atom. The van der Waals surface area contributed by atoms with Gasteiger partial charge in [0.2, 0.25) is 0 Å². The van der Waals surface area contributed by atoms with Gasteiger partial charge in [0.05, 0.1) is 11.1 Å². The number of carbonyl (C=O) groups is 1. The fourth-order valence-corrected chi connectivity index (χ4v) is 6.82. The van der Waals surface area contributed by atoms with Crippen LogP contribution >= 0.6 is 11.8 Å². The van der Waals surface area contributed by atoms with E-state index in [1.54, 1.807) is 36.0 Å². The number of hydrogen-bond acceptors (Lipinski definition) is 3. The van der Waals surface area contributed by atoms with Gasteiger partial charge in [-0.1, -0.05) is 0 Å². The van der Waals surface area contributed by atoms with Gasteiger partial charge in [-0.05, 0) is 142 Å². The van der Waals surface area contributed by atoms with E-state index in [1.165, 1.54) is 23.4 Å². The topological polar surface area (TPSA) is 45.5 Å². The Balaban J connectivity index is 1.20. The number of rotatable bonds is 9. The van der Waals surface area contributed by atoms with Gasteiger partial charge in [0.1, 0.15) is 11.6 Å². The quantitative estimate of drug-likeness (QED) is 0.172. The zero-order valence-corrected chi connectivity index (χ0v) is 22.6. The molecule has 4 nitrogen and oxygen atoms in total. The summed E-state index contributed by atoms with van der Waals surface area (Å²) in [6, 6.07) is 18.8. The summed E-state index contributed by atoms with van der Waals surface area (Å²) in [6.07, 6.45) is 5.48. The molecular formula is C32H32F2N2O2S. The lowest BCUT2D eigenvalue weighted by molar-refractivity contribution is 0.0697. The fourth-order valence-electron chi connectivity index (χ4n) is 5.98. The lowest BCUT2D eigenvalue weighted by atomic mass is 9.86. The molecule has 1 aliphatic carbocycles. The standard InChI is InChI=1S/C32H32F2N2O2S/c33-24-6-11-27(12-7-24)39-19-1-16-35-17-14-21(15-18-35)30-28-13-8-25(34)20-29(28)36(31(30)22-2-3-22)26-9-4-23(5-10-26)32(37)38/h4-13,20-22H,1-3,14-19H2,(H,37,38). The number of carboxylic acid groups (broad SMARTS) is 1. The number of aromatic carboxylic acids is 1. The maximum Gasteiger partial charge on any atom is 0.335 e. The Morgan fingerprint density at radius 3 is 2.23 bits per heavy atom. The van der Waals surface area contributed by atoms with Crippen molar-refractivity contribution in [3.05, 3.63) is 95.2 Å². The second kappa shape index (κ2) is 11.1. The van der Waals surface area contributed by atoms with Gasteiger partial charge in [-0.2, -0.15) is 0 Å². The summed E-state index contributed by atoms with van der Waals surface area (Å²) < 4.78 is 29.8. The van der Waals surface area contributed by atoms with E-state index in [-0.39, 0.29) is 17.2 Å². The Morgan fingerprint density at radius 2 is 1.56 bits per heavy atom. The summed E-state index contributed by atoms with van der Waals surface area (Å²) in [5.74, 6) is 0.474. The lowest BCUT2D eigenvalue weighted by Crippen LogP contribution is -2.34. The minimum absolute atomic E-state index is 0.198. The van der Waals surface area contributed by atoms with Crippen LogP contribution in [0.1, 0.15) is 65.6 Å². The van der Waals surface area contributed by atoms with E-state index in [9.17, 15) is 18.7 Å². The lowest BCUT2D eigenvalue weighted by Gasteiger charge is -2.32. The monoisotopic (exact) mass is 546 g/mol. The molecular weight excluding hydrogens is 514 g/mol. The van der Waals surface area contributed by atoms with Gasteiger partial charge in [0.25, 0.3) is 0 Å². The molecule has 1 saturated carbocycles. The van der Waals surface area contributed by atoms with E-state index in [4.69, 9.17) is 0 Å². The van der Waals surface area contributed by atoms with E-state index in [0.29, 0.717) is 11.8 Å². The second-order valence-corrected chi connectivity index (χ2v) is 11.9. The highest BCUT2D eigenvalue weighted by molar-refractivity contribution is 7.99. The highest BCUT2D eigenvalue weighted by Gasteiger charge is 2.36. The number of hydrogen-bond donors (Lipinski definition) is 1. The van der Waals surface area contributed by atoms with Crippen molar-refractivity contribution in [2.75, 3.05) is 25.4 Å². The number of carboxylic acids is 1. The summed E-state index contributed by atoms with van der Waals surface area (Å²) >= 11 is 1.77. The Hall–Kier alpha value is -3.16. The molecule has 3 aromatic carbocycles. The maximum atomic E-state index is 14.5. The molecule has 1 aromatic heterocycles. The number of halogens is 2. The highest BCUT2D eigenvalue weighted by atomic mass is 32.2. The molecule has 0 atom stereocenters. The molecule has 7 heteroatoms. The first-order chi connectivity index (χ1) is 19.0. The molecule has 1 saturated heterocycles. The van der Waals surface area contributed by atoms with E-state index < -0.39 is 5.97 Å². The molecule has 2 aliphatic rings. The van der Waals surface area contributed by atoms with Gasteiger partial charge >= 0.3 is 5.97 Å². The number of fused-ring (bicyclic) bond motifs is 1. The number of aromatic nitrogens is 1. The van der Waals surface area contributed by atoms with Crippen LogP contribution in [0.5, 0.6) is 0 Å². The minimum Gasteiger partial charge on any atom is -0.478 e. The number of benzene rings is 3. The predicted molar refractivity (Wildman–Crippen MR) is 152 cm³/mol. The molecule has 202 valence electrons. The molecule has 0 spiro atoms. The summed E-state index contributed by atoms with van der Waals surface area (Å²) in [6.45, 7) is 3.13. The van der Waals surface area contributed by atoms with Crippen LogP contribution in [-0.4, -0.2) is 45.9 Å². The van der Waals surface area contributed by atoms with Crippen LogP contribution in [-0.2, 0) is 0 Å². The molecule has 0 bridgehead atoms. The largest absolute Gasteiger partial charge is 0.478 e. The molecule has 39 heavy (non-hydrogen) atoms. The summed E-state index contributed by atoms with van der Waals surface area (Å²) in [4.78, 5) is 15.1. The summed E-state index contributed by atoms with van der Waals surface area (Å²) in [5.41, 5.74) is 4.65. The highest BCUT2D eigenvalue weighted by Crippen LogP contribution is 2.49. The van der Waals surface area contributed by atoms with Crippen molar-refractivity contribution >= 4 is 28.6 Å². The van der Waals surface area contributed by atoms with Crippen LogP contribution in [0.3, 0.4) is 0 Å². The first-order valence-electron chi connectivity index (χ1n) is 13.8. The van der Waals surface area contributed by atoms with Crippen LogP contribution < -0.4 is 0 Å².